The van der Waals surface area contributed by atoms with Gasteiger partial charge in [0.1, 0.15) is 0 Å². The molecule has 2 unspecified atom stereocenters. The van der Waals surface area contributed by atoms with Crippen LogP contribution in [0.3, 0.4) is 0 Å². The SMILES string of the molecule is C=CC(c1ccccc1)C(C#Cc1ccccc1)c1ccccc1. The van der Waals surface area contributed by atoms with Crippen molar-refractivity contribution in [3.8, 4) is 11.8 Å². The summed E-state index contributed by atoms with van der Waals surface area (Å²) in [5, 5.41) is 0. The Balaban J connectivity index is 2.02. The molecule has 0 aromatic heterocycles. The van der Waals surface area contributed by atoms with Crippen LogP contribution in [0.1, 0.15) is 28.5 Å². The molecular formula is C24H20. The summed E-state index contributed by atoms with van der Waals surface area (Å²) in [5.41, 5.74) is 3.49. The molecule has 0 aliphatic carbocycles. The first kappa shape index (κ1) is 15.8. The lowest BCUT2D eigenvalue weighted by molar-refractivity contribution is 0.760. The van der Waals surface area contributed by atoms with Crippen LogP contribution in [0.4, 0.5) is 0 Å². The van der Waals surface area contributed by atoms with Gasteiger partial charge in [-0.15, -0.1) is 6.58 Å². The molecule has 0 bridgehead atoms. The van der Waals surface area contributed by atoms with Crippen molar-refractivity contribution < 1.29 is 0 Å². The Bertz CT molecular complexity index is 821. The molecule has 3 aromatic rings. The van der Waals surface area contributed by atoms with Gasteiger partial charge in [-0.3, -0.25) is 0 Å². The monoisotopic (exact) mass is 308 g/mol. The average molecular weight is 308 g/mol. The van der Waals surface area contributed by atoms with Gasteiger partial charge in [-0.1, -0.05) is 96.8 Å². The molecule has 3 aromatic carbocycles. The van der Waals surface area contributed by atoms with E-state index in [1.165, 1.54) is 11.1 Å². The molecule has 0 amide bonds. The van der Waals surface area contributed by atoms with Gasteiger partial charge in [-0.2, -0.15) is 0 Å². The van der Waals surface area contributed by atoms with Crippen molar-refractivity contribution >= 4 is 0 Å². The molecule has 0 saturated carbocycles. The third-order valence-corrected chi connectivity index (χ3v) is 4.10. The largest absolute Gasteiger partial charge is 0.102 e. The first-order valence-electron chi connectivity index (χ1n) is 8.17. The fourth-order valence-corrected chi connectivity index (χ4v) is 2.86. The van der Waals surface area contributed by atoms with E-state index in [4.69, 9.17) is 0 Å². The van der Waals surface area contributed by atoms with E-state index >= 15 is 0 Å². The second kappa shape index (κ2) is 7.99. The molecule has 0 radical (unpaired) electrons. The summed E-state index contributed by atoms with van der Waals surface area (Å²) >= 11 is 0. The quantitative estimate of drug-likeness (QED) is 0.422. The van der Waals surface area contributed by atoms with E-state index in [1.807, 2.05) is 48.5 Å². The Kier molecular flexibility index (Phi) is 5.28. The summed E-state index contributed by atoms with van der Waals surface area (Å²) in [6, 6.07) is 31.1. The van der Waals surface area contributed by atoms with E-state index in [0.717, 1.165) is 5.56 Å². The van der Waals surface area contributed by atoms with Crippen molar-refractivity contribution in [1.29, 1.82) is 0 Å². The highest BCUT2D eigenvalue weighted by molar-refractivity contribution is 5.42. The van der Waals surface area contributed by atoms with Gasteiger partial charge in [0, 0.05) is 11.5 Å². The third-order valence-electron chi connectivity index (χ3n) is 4.10. The number of hydrogen-bond acceptors (Lipinski definition) is 0. The molecule has 0 N–H and O–H groups in total. The zero-order chi connectivity index (χ0) is 16.6. The van der Waals surface area contributed by atoms with Gasteiger partial charge in [0.25, 0.3) is 0 Å². The van der Waals surface area contributed by atoms with E-state index in [9.17, 15) is 0 Å². The normalized spacial score (nSPS) is 12.5. The molecule has 0 aliphatic heterocycles. The molecule has 2 atom stereocenters. The van der Waals surface area contributed by atoms with Crippen LogP contribution >= 0.6 is 0 Å². The van der Waals surface area contributed by atoms with Crippen LogP contribution in [0.2, 0.25) is 0 Å². The highest BCUT2D eigenvalue weighted by Crippen LogP contribution is 2.33. The minimum Gasteiger partial charge on any atom is -0.102 e. The summed E-state index contributed by atoms with van der Waals surface area (Å²) in [5.74, 6) is 7.04. The predicted molar refractivity (Wildman–Crippen MR) is 102 cm³/mol. The molecule has 24 heavy (non-hydrogen) atoms. The number of hydrogen-bond donors (Lipinski definition) is 0. The van der Waals surface area contributed by atoms with Crippen molar-refractivity contribution in [2.45, 2.75) is 11.8 Å². The minimum atomic E-state index is 0.0753. The summed E-state index contributed by atoms with van der Waals surface area (Å²) in [6.07, 6.45) is 2.01. The number of benzene rings is 3. The van der Waals surface area contributed by atoms with Crippen LogP contribution in [-0.4, -0.2) is 0 Å². The number of allylic oxidation sites excluding steroid dienone is 1. The van der Waals surface area contributed by atoms with Crippen molar-refractivity contribution in [3.63, 3.8) is 0 Å². The number of rotatable bonds is 4. The van der Waals surface area contributed by atoms with Crippen molar-refractivity contribution in [3.05, 3.63) is 120 Å². The zero-order valence-electron chi connectivity index (χ0n) is 13.6. The molecule has 0 spiro atoms. The fourth-order valence-electron chi connectivity index (χ4n) is 2.86. The van der Waals surface area contributed by atoms with Crippen molar-refractivity contribution in [1.82, 2.24) is 0 Å². The van der Waals surface area contributed by atoms with E-state index < -0.39 is 0 Å². The summed E-state index contributed by atoms with van der Waals surface area (Å²) < 4.78 is 0. The van der Waals surface area contributed by atoms with E-state index in [0.29, 0.717) is 0 Å². The molecule has 116 valence electrons. The molecule has 3 rings (SSSR count). The van der Waals surface area contributed by atoms with Crippen LogP contribution in [0.25, 0.3) is 0 Å². The van der Waals surface area contributed by atoms with E-state index in [1.54, 1.807) is 0 Å². The Morgan fingerprint density at radius 3 is 1.71 bits per heavy atom. The molecule has 0 heterocycles. The van der Waals surface area contributed by atoms with Crippen molar-refractivity contribution in [2.75, 3.05) is 0 Å². The van der Waals surface area contributed by atoms with Gasteiger partial charge < -0.3 is 0 Å². The molecular weight excluding hydrogens is 288 g/mol. The van der Waals surface area contributed by atoms with Crippen LogP contribution in [0.5, 0.6) is 0 Å². The lowest BCUT2D eigenvalue weighted by atomic mass is 9.81. The van der Waals surface area contributed by atoms with Crippen LogP contribution in [0.15, 0.2) is 104 Å². The Labute approximate surface area is 144 Å². The smallest absolute Gasteiger partial charge is 0.0559 e. The first-order chi connectivity index (χ1) is 11.9. The zero-order valence-corrected chi connectivity index (χ0v) is 13.6. The Morgan fingerprint density at radius 1 is 0.667 bits per heavy atom. The molecule has 0 aliphatic rings. The van der Waals surface area contributed by atoms with Crippen LogP contribution < -0.4 is 0 Å². The van der Waals surface area contributed by atoms with Gasteiger partial charge in [-0.05, 0) is 23.3 Å². The molecule has 0 fully saturated rings. The van der Waals surface area contributed by atoms with Gasteiger partial charge >= 0.3 is 0 Å². The standard InChI is InChI=1S/C24H20/c1-2-23(21-14-8-4-9-15-21)24(22-16-10-5-11-17-22)19-18-20-12-6-3-7-13-20/h2-17,23-24H,1H2. The maximum absolute atomic E-state index is 4.07. The van der Waals surface area contributed by atoms with Gasteiger partial charge in [0.05, 0.1) is 5.92 Å². The molecule has 0 heteroatoms. The highest BCUT2D eigenvalue weighted by atomic mass is 14.2. The molecule has 0 saturated heterocycles. The van der Waals surface area contributed by atoms with Crippen LogP contribution in [0, 0.1) is 11.8 Å². The Hall–Kier alpha value is -3.04. The van der Waals surface area contributed by atoms with E-state index in [-0.39, 0.29) is 11.8 Å². The minimum absolute atomic E-state index is 0.0753. The third kappa shape index (κ3) is 3.83. The van der Waals surface area contributed by atoms with Crippen LogP contribution in [-0.2, 0) is 0 Å². The topological polar surface area (TPSA) is 0 Å². The maximum Gasteiger partial charge on any atom is 0.0559 e. The predicted octanol–water partition coefficient (Wildman–Crippen LogP) is 5.79. The van der Waals surface area contributed by atoms with Crippen molar-refractivity contribution in [2.24, 2.45) is 0 Å². The maximum atomic E-state index is 4.07. The fraction of sp³-hybridized carbons (Fsp3) is 0.0833. The van der Waals surface area contributed by atoms with Gasteiger partial charge in [0.15, 0.2) is 0 Å². The second-order valence-corrected chi connectivity index (χ2v) is 5.70. The average Bonchev–Trinajstić information content (AvgIpc) is 2.67. The summed E-state index contributed by atoms with van der Waals surface area (Å²) in [6.45, 7) is 4.07. The summed E-state index contributed by atoms with van der Waals surface area (Å²) in [7, 11) is 0. The van der Waals surface area contributed by atoms with Gasteiger partial charge in [-0.25, -0.2) is 0 Å². The van der Waals surface area contributed by atoms with Gasteiger partial charge in [0.2, 0.25) is 0 Å². The van der Waals surface area contributed by atoms with E-state index in [2.05, 4.69) is 67.0 Å². The highest BCUT2D eigenvalue weighted by Gasteiger charge is 2.20. The lowest BCUT2D eigenvalue weighted by Gasteiger charge is -2.21. The second-order valence-electron chi connectivity index (χ2n) is 5.70. The molecule has 0 nitrogen and oxygen atoms in total. The lowest BCUT2D eigenvalue weighted by Crippen LogP contribution is -2.07. The Morgan fingerprint density at radius 2 is 1.17 bits per heavy atom. The summed E-state index contributed by atoms with van der Waals surface area (Å²) in [4.78, 5) is 0. The first-order valence-corrected chi connectivity index (χ1v) is 8.17.